The predicted octanol–water partition coefficient (Wildman–Crippen LogP) is 3.40. The van der Waals surface area contributed by atoms with E-state index >= 15 is 0 Å². The van der Waals surface area contributed by atoms with Crippen LogP contribution in [0.15, 0.2) is 12.2 Å². The molecule has 0 aliphatic rings. The van der Waals surface area contributed by atoms with Gasteiger partial charge in [0.05, 0.1) is 12.2 Å². The van der Waals surface area contributed by atoms with Crippen molar-refractivity contribution in [2.24, 2.45) is 11.8 Å². The van der Waals surface area contributed by atoms with E-state index in [2.05, 4.69) is 32.9 Å². The van der Waals surface area contributed by atoms with Crippen molar-refractivity contribution in [2.75, 3.05) is 7.11 Å². The molecule has 0 saturated carbocycles. The van der Waals surface area contributed by atoms with E-state index in [1.54, 1.807) is 7.11 Å². The molecule has 0 aliphatic heterocycles. The van der Waals surface area contributed by atoms with Gasteiger partial charge in [0, 0.05) is 7.11 Å². The van der Waals surface area contributed by atoms with Crippen molar-refractivity contribution in [3.63, 3.8) is 0 Å². The molecule has 2 unspecified atom stereocenters. The molecule has 0 saturated heterocycles. The zero-order valence-corrected chi connectivity index (χ0v) is 11.4. The Morgan fingerprint density at radius 3 is 2.31 bits per heavy atom. The fourth-order valence-corrected chi connectivity index (χ4v) is 1.91. The molecule has 0 bridgehead atoms. The molecule has 0 aromatic carbocycles. The van der Waals surface area contributed by atoms with Crippen LogP contribution in [0.4, 0.5) is 0 Å². The smallest absolute Gasteiger partial charge is 0.0860 e. The summed E-state index contributed by atoms with van der Waals surface area (Å²) in [4.78, 5) is 0. The maximum absolute atomic E-state index is 9.86. The van der Waals surface area contributed by atoms with Crippen LogP contribution < -0.4 is 0 Å². The maximum atomic E-state index is 9.86. The molecule has 0 aromatic heterocycles. The Labute approximate surface area is 101 Å². The molecule has 0 fully saturated rings. The Morgan fingerprint density at radius 1 is 1.25 bits per heavy atom. The van der Waals surface area contributed by atoms with Crippen LogP contribution in [0.3, 0.4) is 0 Å². The summed E-state index contributed by atoms with van der Waals surface area (Å²) < 4.78 is 5.41. The average Bonchev–Trinajstić information content (AvgIpc) is 2.29. The van der Waals surface area contributed by atoms with Gasteiger partial charge in [0.15, 0.2) is 0 Å². The van der Waals surface area contributed by atoms with E-state index in [9.17, 15) is 5.11 Å². The van der Waals surface area contributed by atoms with Gasteiger partial charge in [0.2, 0.25) is 0 Å². The largest absolute Gasteiger partial charge is 0.390 e. The molecule has 2 nitrogen and oxygen atoms in total. The van der Waals surface area contributed by atoms with Gasteiger partial charge in [-0.3, -0.25) is 0 Å². The minimum Gasteiger partial charge on any atom is -0.390 e. The van der Waals surface area contributed by atoms with Crippen LogP contribution in [0.2, 0.25) is 0 Å². The highest BCUT2D eigenvalue weighted by molar-refractivity contribution is 4.91. The van der Waals surface area contributed by atoms with Gasteiger partial charge in [-0.1, -0.05) is 46.3 Å². The first-order valence-electron chi connectivity index (χ1n) is 6.45. The van der Waals surface area contributed by atoms with Crippen LogP contribution in [-0.4, -0.2) is 24.4 Å². The van der Waals surface area contributed by atoms with E-state index < -0.39 is 0 Å². The highest BCUT2D eigenvalue weighted by Crippen LogP contribution is 2.22. The lowest BCUT2D eigenvalue weighted by atomic mass is 9.86. The molecule has 96 valence electrons. The third-order valence-electron chi connectivity index (χ3n) is 3.31. The van der Waals surface area contributed by atoms with Gasteiger partial charge in [-0.25, -0.2) is 0 Å². The fraction of sp³-hybridized carbons (Fsp3) is 0.857. The molecule has 2 heteroatoms. The molecular weight excluding hydrogens is 200 g/mol. The van der Waals surface area contributed by atoms with Crippen molar-refractivity contribution >= 4 is 0 Å². The topological polar surface area (TPSA) is 29.5 Å². The number of hydrogen-bond donors (Lipinski definition) is 1. The fourth-order valence-electron chi connectivity index (χ4n) is 1.91. The Balaban J connectivity index is 4.31. The number of unbranched alkanes of at least 4 members (excludes halogenated alkanes) is 1. The van der Waals surface area contributed by atoms with Gasteiger partial charge in [-0.15, -0.1) is 0 Å². The van der Waals surface area contributed by atoms with E-state index in [0.29, 0.717) is 11.8 Å². The van der Waals surface area contributed by atoms with E-state index in [0.717, 1.165) is 12.8 Å². The second-order valence-corrected chi connectivity index (χ2v) is 4.61. The molecular formula is C14H28O2. The molecule has 0 spiro atoms. The summed E-state index contributed by atoms with van der Waals surface area (Å²) in [6, 6.07) is 0. The van der Waals surface area contributed by atoms with Crippen molar-refractivity contribution in [1.29, 1.82) is 0 Å². The van der Waals surface area contributed by atoms with Crippen LogP contribution >= 0.6 is 0 Å². The van der Waals surface area contributed by atoms with E-state index in [1.165, 1.54) is 6.42 Å². The van der Waals surface area contributed by atoms with Crippen molar-refractivity contribution in [3.05, 3.63) is 12.2 Å². The summed E-state index contributed by atoms with van der Waals surface area (Å²) in [5, 5.41) is 9.86. The molecule has 4 atom stereocenters. The van der Waals surface area contributed by atoms with Crippen LogP contribution in [0.25, 0.3) is 0 Å². The van der Waals surface area contributed by atoms with Crippen molar-refractivity contribution in [1.82, 2.24) is 0 Å². The maximum Gasteiger partial charge on any atom is 0.0860 e. The summed E-state index contributed by atoms with van der Waals surface area (Å²) in [6.45, 7) is 8.50. The van der Waals surface area contributed by atoms with Crippen molar-refractivity contribution in [3.8, 4) is 0 Å². The van der Waals surface area contributed by atoms with E-state index in [1.807, 2.05) is 6.92 Å². The normalized spacial score (nSPS) is 19.6. The van der Waals surface area contributed by atoms with Crippen LogP contribution in [-0.2, 0) is 4.74 Å². The second-order valence-electron chi connectivity index (χ2n) is 4.61. The molecule has 0 rings (SSSR count). The first kappa shape index (κ1) is 15.7. The molecule has 16 heavy (non-hydrogen) atoms. The van der Waals surface area contributed by atoms with Gasteiger partial charge in [-0.2, -0.15) is 0 Å². The summed E-state index contributed by atoms with van der Waals surface area (Å²) in [7, 11) is 1.68. The monoisotopic (exact) mass is 228 g/mol. The third-order valence-corrected chi connectivity index (χ3v) is 3.31. The Hall–Kier alpha value is -0.340. The number of aliphatic hydroxyl groups excluding tert-OH is 1. The third kappa shape index (κ3) is 5.13. The Bertz CT molecular complexity index is 189. The molecule has 0 radical (unpaired) electrons. The van der Waals surface area contributed by atoms with Crippen LogP contribution in [0.1, 0.15) is 47.0 Å². The quantitative estimate of drug-likeness (QED) is 0.645. The van der Waals surface area contributed by atoms with Crippen LogP contribution in [0, 0.1) is 11.8 Å². The SMILES string of the molecule is CCC/C=C/C(C)[C@@H](C)[C@H](OC)C(O)CC. The van der Waals surface area contributed by atoms with E-state index in [-0.39, 0.29) is 12.2 Å². The highest BCUT2D eigenvalue weighted by Gasteiger charge is 2.26. The Morgan fingerprint density at radius 2 is 1.88 bits per heavy atom. The minimum atomic E-state index is -0.359. The lowest BCUT2D eigenvalue weighted by Gasteiger charge is -2.29. The number of allylic oxidation sites excluding steroid dienone is 2. The summed E-state index contributed by atoms with van der Waals surface area (Å²) in [5.74, 6) is 0.783. The first-order valence-corrected chi connectivity index (χ1v) is 6.45. The zero-order chi connectivity index (χ0) is 12.6. The highest BCUT2D eigenvalue weighted by atomic mass is 16.5. The van der Waals surface area contributed by atoms with Crippen molar-refractivity contribution in [2.45, 2.75) is 59.2 Å². The van der Waals surface area contributed by atoms with Gasteiger partial charge in [0.1, 0.15) is 0 Å². The number of hydrogen-bond acceptors (Lipinski definition) is 2. The molecule has 0 aliphatic carbocycles. The van der Waals surface area contributed by atoms with Gasteiger partial charge >= 0.3 is 0 Å². The summed E-state index contributed by atoms with van der Waals surface area (Å²) in [6.07, 6.45) is 7.10. The summed E-state index contributed by atoms with van der Waals surface area (Å²) in [5.41, 5.74) is 0. The lowest BCUT2D eigenvalue weighted by Crippen LogP contribution is -2.36. The minimum absolute atomic E-state index is 0.0636. The zero-order valence-electron chi connectivity index (χ0n) is 11.4. The molecule has 0 heterocycles. The van der Waals surface area contributed by atoms with Crippen LogP contribution in [0.5, 0.6) is 0 Å². The van der Waals surface area contributed by atoms with Gasteiger partial charge in [-0.05, 0) is 24.7 Å². The first-order chi connectivity index (χ1) is 7.58. The predicted molar refractivity (Wildman–Crippen MR) is 69.5 cm³/mol. The van der Waals surface area contributed by atoms with Crippen molar-refractivity contribution < 1.29 is 9.84 Å². The number of rotatable bonds is 8. The second kappa shape index (κ2) is 8.77. The number of aliphatic hydroxyl groups is 1. The van der Waals surface area contributed by atoms with Gasteiger partial charge in [0.25, 0.3) is 0 Å². The molecule has 0 aromatic rings. The summed E-state index contributed by atoms with van der Waals surface area (Å²) >= 11 is 0. The lowest BCUT2D eigenvalue weighted by molar-refractivity contribution is -0.0505. The molecule has 1 N–H and O–H groups in total. The number of ether oxygens (including phenoxy) is 1. The molecule has 0 amide bonds. The average molecular weight is 228 g/mol. The Kier molecular flexibility index (Phi) is 8.58. The van der Waals surface area contributed by atoms with E-state index in [4.69, 9.17) is 4.74 Å². The standard InChI is InChI=1S/C14H28O2/c1-6-8-9-10-11(3)12(4)14(16-5)13(15)7-2/h9-15H,6-8H2,1-5H3/b10-9+/t11?,12-,13?,14+/m1/s1. The van der Waals surface area contributed by atoms with Gasteiger partial charge < -0.3 is 9.84 Å². The number of methoxy groups -OCH3 is 1.